The Morgan fingerprint density at radius 1 is 0.778 bits per heavy atom. The monoisotopic (exact) mass is 354 g/mol. The van der Waals surface area contributed by atoms with E-state index in [-0.39, 0.29) is 5.41 Å². The first-order valence-corrected chi connectivity index (χ1v) is 10.2. The molecule has 0 saturated heterocycles. The van der Waals surface area contributed by atoms with Crippen LogP contribution in [0.3, 0.4) is 0 Å². The maximum absolute atomic E-state index is 2.43. The first kappa shape index (κ1) is 18.0. The summed E-state index contributed by atoms with van der Waals surface area (Å²) in [5.74, 6) is 1.77. The molecule has 3 atom stereocenters. The first-order chi connectivity index (χ1) is 12.9. The van der Waals surface area contributed by atoms with Crippen molar-refractivity contribution in [3.8, 4) is 0 Å². The van der Waals surface area contributed by atoms with Gasteiger partial charge in [-0.25, -0.2) is 0 Å². The lowest BCUT2D eigenvalue weighted by molar-refractivity contribution is 0.457. The fourth-order valence-electron chi connectivity index (χ4n) is 4.27. The van der Waals surface area contributed by atoms with Crippen LogP contribution in [0.2, 0.25) is 0 Å². The summed E-state index contributed by atoms with van der Waals surface area (Å²) in [7, 11) is 0. The van der Waals surface area contributed by atoms with Crippen LogP contribution >= 0.6 is 0 Å². The minimum absolute atomic E-state index is 0.0579. The largest absolute Gasteiger partial charge is 0.0851 e. The Bertz CT molecular complexity index is 1050. The van der Waals surface area contributed by atoms with Crippen molar-refractivity contribution in [2.24, 2.45) is 17.8 Å². The standard InChI is InChI=1S/C27H30/c1-18(2)19(3)10-11-20(4)27(5)17-16-25-24-13-12-21-8-6-7-9-22(21)23(24)14-15-26(25)27/h6-20H,1-5H3/b11-10+. The van der Waals surface area contributed by atoms with Crippen molar-refractivity contribution in [3.63, 3.8) is 0 Å². The molecule has 0 heterocycles. The fourth-order valence-corrected chi connectivity index (χ4v) is 4.27. The Labute approximate surface area is 163 Å². The van der Waals surface area contributed by atoms with E-state index < -0.39 is 0 Å². The van der Waals surface area contributed by atoms with Gasteiger partial charge in [-0.3, -0.25) is 0 Å². The maximum atomic E-state index is 2.43. The number of hydrogen-bond acceptors (Lipinski definition) is 0. The van der Waals surface area contributed by atoms with Crippen LogP contribution in [0.4, 0.5) is 0 Å². The molecule has 0 nitrogen and oxygen atoms in total. The van der Waals surface area contributed by atoms with Crippen LogP contribution in [0.25, 0.3) is 27.6 Å². The van der Waals surface area contributed by atoms with Crippen LogP contribution in [-0.2, 0) is 5.41 Å². The summed E-state index contributed by atoms with van der Waals surface area (Å²) in [5, 5.41) is 5.39. The van der Waals surface area contributed by atoms with Crippen molar-refractivity contribution in [2.45, 2.75) is 40.0 Å². The number of rotatable bonds is 4. The van der Waals surface area contributed by atoms with E-state index in [4.69, 9.17) is 0 Å². The van der Waals surface area contributed by atoms with Crippen LogP contribution in [0.15, 0.2) is 66.8 Å². The van der Waals surface area contributed by atoms with Gasteiger partial charge in [0.2, 0.25) is 0 Å². The van der Waals surface area contributed by atoms with E-state index in [1.165, 1.54) is 32.7 Å². The second-order valence-electron chi connectivity index (χ2n) is 8.80. The summed E-state index contributed by atoms with van der Waals surface area (Å²) in [6.45, 7) is 11.6. The van der Waals surface area contributed by atoms with E-state index in [9.17, 15) is 0 Å². The van der Waals surface area contributed by atoms with Crippen molar-refractivity contribution in [3.05, 3.63) is 77.9 Å². The third-order valence-electron chi connectivity index (χ3n) is 6.85. The highest BCUT2D eigenvalue weighted by Gasteiger charge is 2.35. The van der Waals surface area contributed by atoms with Gasteiger partial charge in [-0.05, 0) is 50.4 Å². The molecule has 3 unspecified atom stereocenters. The van der Waals surface area contributed by atoms with Crippen molar-refractivity contribution in [2.75, 3.05) is 0 Å². The molecule has 0 spiro atoms. The van der Waals surface area contributed by atoms with Crippen molar-refractivity contribution in [1.29, 1.82) is 0 Å². The predicted octanol–water partition coefficient (Wildman–Crippen LogP) is 7.76. The molecule has 0 amide bonds. The van der Waals surface area contributed by atoms with Gasteiger partial charge in [0.1, 0.15) is 0 Å². The SMILES string of the molecule is CC(C)C(C)/C=C/C(C)C1(C)C=Cc2c1ccc1c2ccc2ccccc21. The average molecular weight is 355 g/mol. The third kappa shape index (κ3) is 2.92. The summed E-state index contributed by atoms with van der Waals surface area (Å²) >= 11 is 0. The summed E-state index contributed by atoms with van der Waals surface area (Å²) in [5.41, 5.74) is 2.92. The molecule has 1 aliphatic carbocycles. The Morgan fingerprint density at radius 3 is 2.30 bits per heavy atom. The van der Waals surface area contributed by atoms with Gasteiger partial charge in [-0.2, -0.15) is 0 Å². The minimum Gasteiger partial charge on any atom is -0.0851 e. The molecule has 0 bridgehead atoms. The van der Waals surface area contributed by atoms with Gasteiger partial charge in [-0.15, -0.1) is 0 Å². The zero-order chi connectivity index (χ0) is 19.2. The van der Waals surface area contributed by atoms with Crippen molar-refractivity contribution in [1.82, 2.24) is 0 Å². The van der Waals surface area contributed by atoms with Gasteiger partial charge in [0.05, 0.1) is 0 Å². The minimum atomic E-state index is 0.0579. The van der Waals surface area contributed by atoms with Gasteiger partial charge in [0, 0.05) is 5.41 Å². The molecule has 27 heavy (non-hydrogen) atoms. The highest BCUT2D eigenvalue weighted by molar-refractivity contribution is 6.10. The van der Waals surface area contributed by atoms with E-state index in [1.54, 1.807) is 0 Å². The summed E-state index contributed by atoms with van der Waals surface area (Å²) in [6.07, 6.45) is 9.60. The highest BCUT2D eigenvalue weighted by Crippen LogP contribution is 2.45. The second kappa shape index (κ2) is 6.68. The summed E-state index contributed by atoms with van der Waals surface area (Å²) < 4.78 is 0. The molecule has 138 valence electrons. The molecule has 3 aromatic carbocycles. The molecule has 0 radical (unpaired) electrons. The quantitative estimate of drug-likeness (QED) is 0.332. The Kier molecular flexibility index (Phi) is 4.46. The van der Waals surface area contributed by atoms with Crippen LogP contribution < -0.4 is 0 Å². The van der Waals surface area contributed by atoms with Crippen molar-refractivity contribution < 1.29 is 0 Å². The van der Waals surface area contributed by atoms with Gasteiger partial charge in [-0.1, -0.05) is 107 Å². The van der Waals surface area contributed by atoms with Gasteiger partial charge in [0.25, 0.3) is 0 Å². The Balaban J connectivity index is 1.79. The third-order valence-corrected chi connectivity index (χ3v) is 6.85. The molecule has 4 rings (SSSR count). The zero-order valence-corrected chi connectivity index (χ0v) is 17.2. The number of hydrogen-bond donors (Lipinski definition) is 0. The zero-order valence-electron chi connectivity index (χ0n) is 17.2. The first-order valence-electron chi connectivity index (χ1n) is 10.2. The molecule has 0 heteroatoms. The van der Waals surface area contributed by atoms with Gasteiger partial charge >= 0.3 is 0 Å². The predicted molar refractivity (Wildman–Crippen MR) is 120 cm³/mol. The van der Waals surface area contributed by atoms with E-state index in [0.717, 1.165) is 0 Å². The normalized spacial score (nSPS) is 21.4. The van der Waals surface area contributed by atoms with E-state index in [1.807, 2.05) is 0 Å². The molecule has 0 saturated carbocycles. The van der Waals surface area contributed by atoms with Gasteiger partial charge in [0.15, 0.2) is 0 Å². The fraction of sp³-hybridized carbons (Fsp3) is 0.333. The molecule has 0 aromatic heterocycles. The Hall–Kier alpha value is -2.34. The van der Waals surface area contributed by atoms with Crippen molar-refractivity contribution >= 4 is 27.6 Å². The van der Waals surface area contributed by atoms with Crippen LogP contribution in [-0.4, -0.2) is 0 Å². The average Bonchev–Trinajstić information content (AvgIpc) is 3.03. The number of fused-ring (bicyclic) bond motifs is 5. The highest BCUT2D eigenvalue weighted by atomic mass is 14.4. The van der Waals surface area contributed by atoms with E-state index >= 15 is 0 Å². The molecular formula is C27H30. The van der Waals surface area contributed by atoms with Crippen LogP contribution in [0.1, 0.15) is 45.7 Å². The van der Waals surface area contributed by atoms with Gasteiger partial charge < -0.3 is 0 Å². The van der Waals surface area contributed by atoms with Crippen LogP contribution in [0, 0.1) is 17.8 Å². The lowest BCUT2D eigenvalue weighted by Crippen LogP contribution is -2.25. The molecular weight excluding hydrogens is 324 g/mol. The smallest absolute Gasteiger partial charge is 0.0173 e. The van der Waals surface area contributed by atoms with Crippen LogP contribution in [0.5, 0.6) is 0 Å². The second-order valence-corrected chi connectivity index (χ2v) is 8.80. The molecule has 3 aromatic rings. The van der Waals surface area contributed by atoms with E-state index in [0.29, 0.717) is 17.8 Å². The number of benzene rings is 3. The molecule has 0 fully saturated rings. The lowest BCUT2D eigenvalue weighted by Gasteiger charge is -2.30. The summed E-state index contributed by atoms with van der Waals surface area (Å²) in [4.78, 5) is 0. The topological polar surface area (TPSA) is 0 Å². The molecule has 1 aliphatic rings. The van der Waals surface area contributed by atoms with E-state index in [2.05, 4.69) is 107 Å². The maximum Gasteiger partial charge on any atom is 0.0173 e. The Morgan fingerprint density at radius 2 is 1.52 bits per heavy atom. The molecule has 0 N–H and O–H groups in total. The number of allylic oxidation sites excluding steroid dienone is 3. The lowest BCUT2D eigenvalue weighted by atomic mass is 9.73. The molecule has 0 aliphatic heterocycles. The summed E-state index contributed by atoms with van der Waals surface area (Å²) in [6, 6.07) is 17.9.